The maximum absolute atomic E-state index is 12.2. The van der Waals surface area contributed by atoms with Crippen LogP contribution in [0, 0.1) is 0 Å². The van der Waals surface area contributed by atoms with Crippen LogP contribution in [0.15, 0.2) is 60.7 Å². The van der Waals surface area contributed by atoms with Gasteiger partial charge in [-0.15, -0.1) is 0 Å². The Morgan fingerprint density at radius 2 is 1.08 bits per heavy atom. The first-order valence-corrected chi connectivity index (χ1v) is 15.9. The first-order chi connectivity index (χ1) is 18.6. The summed E-state index contributed by atoms with van der Waals surface area (Å²) in [6.45, 7) is 13.7. The summed E-state index contributed by atoms with van der Waals surface area (Å²) in [6, 6.07) is 20.2. The first-order valence-electron chi connectivity index (χ1n) is 13.9. The molecule has 39 heavy (non-hydrogen) atoms. The summed E-state index contributed by atoms with van der Waals surface area (Å²) < 4.78 is 27.5. The molecule has 1 N–H and O–H groups in total. The van der Waals surface area contributed by atoms with E-state index in [0.29, 0.717) is 52.9 Å². The first kappa shape index (κ1) is 33.1. The summed E-state index contributed by atoms with van der Waals surface area (Å²) >= 11 is 0. The minimum Gasteiger partial charge on any atom is -0.460 e. The molecule has 2 aromatic rings. The van der Waals surface area contributed by atoms with E-state index in [-0.39, 0.29) is 17.4 Å². The number of hydrogen-bond donors (Lipinski definition) is 1. The highest BCUT2D eigenvalue weighted by atomic mass is 28.4. The Kier molecular flexibility index (Phi) is 14.4. The molecule has 8 heteroatoms. The van der Waals surface area contributed by atoms with E-state index >= 15 is 0 Å². The molecule has 0 aliphatic rings. The van der Waals surface area contributed by atoms with Crippen molar-refractivity contribution in [3.05, 3.63) is 60.7 Å². The maximum Gasteiger partial charge on any atom is 0.308 e. The monoisotopic (exact) mass is 560 g/mol. The Bertz CT molecular complexity index is 889. The Labute approximate surface area is 235 Å². The predicted molar refractivity (Wildman–Crippen MR) is 157 cm³/mol. The van der Waals surface area contributed by atoms with Gasteiger partial charge in [-0.3, -0.25) is 4.79 Å². The van der Waals surface area contributed by atoms with E-state index in [1.165, 1.54) is 0 Å². The molecule has 0 saturated carbocycles. The molecule has 218 valence electrons. The van der Waals surface area contributed by atoms with Crippen LogP contribution in [-0.2, 0) is 28.5 Å². The van der Waals surface area contributed by atoms with Crippen molar-refractivity contribution in [3.63, 3.8) is 0 Å². The van der Waals surface area contributed by atoms with Crippen LogP contribution in [0.1, 0.15) is 53.9 Å². The van der Waals surface area contributed by atoms with Crippen molar-refractivity contribution in [1.29, 1.82) is 0 Å². The highest BCUT2D eigenvalue weighted by molar-refractivity contribution is 6.98. The second-order valence-electron chi connectivity index (χ2n) is 11.2. The summed E-state index contributed by atoms with van der Waals surface area (Å²) in [5.74, 6) is -0.259. The largest absolute Gasteiger partial charge is 0.460 e. The van der Waals surface area contributed by atoms with Crippen LogP contribution in [0.4, 0.5) is 0 Å². The van der Waals surface area contributed by atoms with Gasteiger partial charge in [0.05, 0.1) is 52.7 Å². The number of carbonyl (C=O) groups is 1. The minimum absolute atomic E-state index is 0.237. The fourth-order valence-electron chi connectivity index (χ4n) is 4.41. The van der Waals surface area contributed by atoms with Crippen LogP contribution in [-0.4, -0.2) is 77.5 Å². The lowest BCUT2D eigenvalue weighted by Gasteiger charge is -2.41. The van der Waals surface area contributed by atoms with Gasteiger partial charge in [-0.25, -0.2) is 0 Å². The average molecular weight is 561 g/mol. The van der Waals surface area contributed by atoms with Crippen molar-refractivity contribution in [2.45, 2.75) is 64.5 Å². The quantitative estimate of drug-likeness (QED) is 0.157. The number of carbonyl (C=O) groups excluding carboxylic acids is 1. The second kappa shape index (κ2) is 16.9. The van der Waals surface area contributed by atoms with Crippen LogP contribution in [0.5, 0.6) is 0 Å². The van der Waals surface area contributed by atoms with Gasteiger partial charge in [-0.1, -0.05) is 74.5 Å². The smallest absolute Gasteiger partial charge is 0.308 e. The SMILES string of the molecule is CC(C)(C)OC(=O)CCOCCOCCOCCOCCCC(C)(C)[Si](O)(c1ccccc1)c1ccccc1. The molecule has 0 unspecified atom stereocenters. The van der Waals surface area contributed by atoms with Crippen LogP contribution in [0.3, 0.4) is 0 Å². The Balaban J connectivity index is 1.55. The molecule has 0 atom stereocenters. The van der Waals surface area contributed by atoms with Gasteiger partial charge in [0.15, 0.2) is 0 Å². The topological polar surface area (TPSA) is 83.5 Å². The van der Waals surface area contributed by atoms with Crippen molar-refractivity contribution in [1.82, 2.24) is 0 Å². The molecule has 0 amide bonds. The van der Waals surface area contributed by atoms with E-state index in [2.05, 4.69) is 38.1 Å². The van der Waals surface area contributed by atoms with Crippen LogP contribution < -0.4 is 10.4 Å². The zero-order chi connectivity index (χ0) is 28.6. The van der Waals surface area contributed by atoms with Gasteiger partial charge in [-0.05, 0) is 49.0 Å². The van der Waals surface area contributed by atoms with Crippen LogP contribution >= 0.6 is 0 Å². The van der Waals surface area contributed by atoms with Gasteiger partial charge in [0, 0.05) is 6.61 Å². The lowest BCUT2D eigenvalue weighted by Crippen LogP contribution is -2.65. The number of ether oxygens (including phenoxy) is 5. The van der Waals surface area contributed by atoms with Crippen molar-refractivity contribution >= 4 is 24.7 Å². The number of hydrogen-bond acceptors (Lipinski definition) is 7. The minimum atomic E-state index is -2.97. The molecular formula is C31H48O7Si. The molecule has 0 radical (unpaired) electrons. The second-order valence-corrected chi connectivity index (χ2v) is 15.1. The molecule has 2 rings (SSSR count). The van der Waals surface area contributed by atoms with E-state index in [1.54, 1.807) is 0 Å². The summed E-state index contributed by atoms with van der Waals surface area (Å²) in [5, 5.41) is 1.79. The normalized spacial score (nSPS) is 12.5. The van der Waals surface area contributed by atoms with E-state index in [4.69, 9.17) is 23.7 Å². The van der Waals surface area contributed by atoms with Crippen molar-refractivity contribution in [3.8, 4) is 0 Å². The third-order valence-corrected chi connectivity index (χ3v) is 11.0. The lowest BCUT2D eigenvalue weighted by atomic mass is 10.1. The van der Waals surface area contributed by atoms with Gasteiger partial charge < -0.3 is 28.5 Å². The zero-order valence-corrected chi connectivity index (χ0v) is 25.4. The molecule has 0 fully saturated rings. The summed E-state index contributed by atoms with van der Waals surface area (Å²) in [6.07, 6.45) is 1.95. The molecule has 0 aromatic heterocycles. The Morgan fingerprint density at radius 3 is 1.51 bits per heavy atom. The molecule has 0 heterocycles. The summed E-state index contributed by atoms with van der Waals surface area (Å²) in [7, 11) is -2.97. The fourth-order valence-corrected chi connectivity index (χ4v) is 8.20. The Morgan fingerprint density at radius 1 is 0.667 bits per heavy atom. The standard InChI is InChI=1S/C31H48O7Si/c1-30(2,3)38-29(32)17-20-35-22-24-37-26-25-36-23-21-34-19-12-18-31(4,5)39(33,27-13-8-6-9-14-27)28-15-10-7-11-16-28/h6-11,13-16,33H,12,17-26H2,1-5H3. The number of esters is 1. The Hall–Kier alpha value is -2.07. The predicted octanol–water partition coefficient (Wildman–Crippen LogP) is 4.10. The van der Waals surface area contributed by atoms with E-state index in [0.717, 1.165) is 23.2 Å². The molecule has 0 saturated heterocycles. The van der Waals surface area contributed by atoms with E-state index in [9.17, 15) is 9.59 Å². The van der Waals surface area contributed by atoms with Crippen LogP contribution in [0.2, 0.25) is 5.04 Å². The van der Waals surface area contributed by atoms with Crippen molar-refractivity contribution < 1.29 is 33.3 Å². The third kappa shape index (κ3) is 11.9. The number of rotatable bonds is 19. The number of benzene rings is 2. The molecular weight excluding hydrogens is 512 g/mol. The van der Waals surface area contributed by atoms with Crippen molar-refractivity contribution in [2.75, 3.05) is 52.9 Å². The molecule has 0 spiro atoms. The van der Waals surface area contributed by atoms with Gasteiger partial charge in [0.1, 0.15) is 5.60 Å². The van der Waals surface area contributed by atoms with Crippen LogP contribution in [0.25, 0.3) is 0 Å². The average Bonchev–Trinajstić information content (AvgIpc) is 2.90. The molecule has 7 nitrogen and oxygen atoms in total. The fraction of sp³-hybridized carbons (Fsp3) is 0.581. The summed E-state index contributed by atoms with van der Waals surface area (Å²) in [5.41, 5.74) is -0.471. The van der Waals surface area contributed by atoms with E-state index in [1.807, 2.05) is 57.2 Å². The highest BCUT2D eigenvalue weighted by Gasteiger charge is 2.49. The van der Waals surface area contributed by atoms with Gasteiger partial charge in [0.25, 0.3) is 8.32 Å². The molecule has 0 aliphatic heterocycles. The van der Waals surface area contributed by atoms with Gasteiger partial charge >= 0.3 is 5.97 Å². The lowest BCUT2D eigenvalue weighted by molar-refractivity contribution is -0.156. The zero-order valence-electron chi connectivity index (χ0n) is 24.4. The van der Waals surface area contributed by atoms with Gasteiger partial charge in [0.2, 0.25) is 0 Å². The van der Waals surface area contributed by atoms with Crippen molar-refractivity contribution in [2.24, 2.45) is 0 Å². The maximum atomic E-state index is 12.2. The van der Waals surface area contributed by atoms with Gasteiger partial charge in [-0.2, -0.15) is 0 Å². The summed E-state index contributed by atoms with van der Waals surface area (Å²) in [4.78, 5) is 23.8. The molecule has 2 aromatic carbocycles. The highest BCUT2D eigenvalue weighted by Crippen LogP contribution is 2.39. The third-order valence-electron chi connectivity index (χ3n) is 6.44. The van der Waals surface area contributed by atoms with E-state index < -0.39 is 13.9 Å². The molecule has 0 aliphatic carbocycles. The molecule has 0 bridgehead atoms.